The largest absolute Gasteiger partial charge is 0.356 e. The van der Waals surface area contributed by atoms with Crippen molar-refractivity contribution in [3.05, 3.63) is 34.9 Å². The lowest BCUT2D eigenvalue weighted by Crippen LogP contribution is -2.37. The minimum Gasteiger partial charge on any atom is -0.356 e. The molecule has 0 saturated heterocycles. The Kier molecular flexibility index (Phi) is 11.6. The SMILES string of the molecule is CN=C(NCCCSC)NCc1cccc(Cl)c1.I. The van der Waals surface area contributed by atoms with Crippen molar-refractivity contribution in [2.75, 3.05) is 25.6 Å². The summed E-state index contributed by atoms with van der Waals surface area (Å²) in [6.07, 6.45) is 3.26. The highest BCUT2D eigenvalue weighted by Gasteiger charge is 1.98. The molecule has 0 saturated carbocycles. The molecule has 1 aromatic rings. The van der Waals surface area contributed by atoms with Crippen molar-refractivity contribution in [2.45, 2.75) is 13.0 Å². The van der Waals surface area contributed by atoms with Gasteiger partial charge in [-0.05, 0) is 36.1 Å². The molecule has 0 aliphatic carbocycles. The fourth-order valence-electron chi connectivity index (χ4n) is 1.48. The Morgan fingerprint density at radius 3 is 2.79 bits per heavy atom. The van der Waals surface area contributed by atoms with E-state index in [9.17, 15) is 0 Å². The van der Waals surface area contributed by atoms with Crippen LogP contribution in [-0.4, -0.2) is 31.6 Å². The van der Waals surface area contributed by atoms with E-state index in [-0.39, 0.29) is 24.0 Å². The van der Waals surface area contributed by atoms with Gasteiger partial charge in [0.1, 0.15) is 0 Å². The number of aliphatic imine (C=N–C) groups is 1. The van der Waals surface area contributed by atoms with Gasteiger partial charge in [-0.3, -0.25) is 4.99 Å². The van der Waals surface area contributed by atoms with Gasteiger partial charge in [0.15, 0.2) is 5.96 Å². The standard InChI is InChI=1S/C13H20ClN3S.HI/c1-15-13(16-7-4-8-18-2)17-10-11-5-3-6-12(14)9-11;/h3,5-6,9H,4,7-8,10H2,1-2H3,(H2,15,16,17);1H. The van der Waals surface area contributed by atoms with E-state index in [2.05, 4.69) is 21.9 Å². The second-order valence-electron chi connectivity index (χ2n) is 3.83. The molecule has 0 fully saturated rings. The van der Waals surface area contributed by atoms with Crippen LogP contribution in [0.5, 0.6) is 0 Å². The lowest BCUT2D eigenvalue weighted by molar-refractivity contribution is 0.786. The van der Waals surface area contributed by atoms with Crippen LogP contribution in [0.15, 0.2) is 29.3 Å². The van der Waals surface area contributed by atoms with Gasteiger partial charge in [-0.2, -0.15) is 11.8 Å². The number of benzene rings is 1. The van der Waals surface area contributed by atoms with Crippen LogP contribution in [0.3, 0.4) is 0 Å². The van der Waals surface area contributed by atoms with Gasteiger partial charge in [0.25, 0.3) is 0 Å². The first-order valence-electron chi connectivity index (χ1n) is 5.94. The van der Waals surface area contributed by atoms with Crippen LogP contribution in [0.2, 0.25) is 5.02 Å². The monoisotopic (exact) mass is 413 g/mol. The molecular formula is C13H21ClIN3S. The van der Waals surface area contributed by atoms with Crippen LogP contribution in [0, 0.1) is 0 Å². The van der Waals surface area contributed by atoms with Crippen molar-refractivity contribution in [1.82, 2.24) is 10.6 Å². The Hall–Kier alpha value is -0.140. The molecule has 1 aromatic carbocycles. The number of hydrogen-bond donors (Lipinski definition) is 2. The summed E-state index contributed by atoms with van der Waals surface area (Å²) in [6.45, 7) is 1.67. The molecule has 0 atom stereocenters. The molecule has 0 radical (unpaired) electrons. The minimum atomic E-state index is 0. The first-order chi connectivity index (χ1) is 8.76. The average molecular weight is 414 g/mol. The Morgan fingerprint density at radius 2 is 2.16 bits per heavy atom. The minimum absolute atomic E-state index is 0. The quantitative estimate of drug-likeness (QED) is 0.325. The molecule has 6 heteroatoms. The van der Waals surface area contributed by atoms with Crippen molar-refractivity contribution in [2.24, 2.45) is 4.99 Å². The summed E-state index contributed by atoms with van der Waals surface area (Å²) in [7, 11) is 1.78. The molecule has 1 rings (SSSR count). The van der Waals surface area contributed by atoms with Crippen LogP contribution in [0.1, 0.15) is 12.0 Å². The van der Waals surface area contributed by atoms with Crippen LogP contribution in [0.4, 0.5) is 0 Å². The molecule has 0 aliphatic rings. The Balaban J connectivity index is 0.00000324. The summed E-state index contributed by atoms with van der Waals surface area (Å²) >= 11 is 7.79. The van der Waals surface area contributed by atoms with E-state index in [0.29, 0.717) is 0 Å². The zero-order valence-corrected chi connectivity index (χ0v) is 15.2. The molecule has 0 heterocycles. The maximum atomic E-state index is 5.94. The molecule has 19 heavy (non-hydrogen) atoms. The summed E-state index contributed by atoms with van der Waals surface area (Å²) in [5.74, 6) is 1.99. The van der Waals surface area contributed by atoms with E-state index in [1.807, 2.05) is 36.0 Å². The molecule has 108 valence electrons. The number of rotatable bonds is 6. The Labute approximate surface area is 142 Å². The molecule has 0 unspecified atom stereocenters. The third-order valence-corrected chi connectivity index (χ3v) is 3.32. The molecule has 0 spiro atoms. The van der Waals surface area contributed by atoms with Crippen LogP contribution >= 0.6 is 47.3 Å². The highest BCUT2D eigenvalue weighted by Crippen LogP contribution is 2.10. The van der Waals surface area contributed by atoms with Crippen molar-refractivity contribution < 1.29 is 0 Å². The van der Waals surface area contributed by atoms with Gasteiger partial charge in [-0.15, -0.1) is 24.0 Å². The summed E-state index contributed by atoms with van der Waals surface area (Å²) in [6, 6.07) is 7.82. The van der Waals surface area contributed by atoms with Crippen molar-refractivity contribution >= 4 is 53.3 Å². The highest BCUT2D eigenvalue weighted by molar-refractivity contribution is 14.0. The van der Waals surface area contributed by atoms with Crippen molar-refractivity contribution in [3.63, 3.8) is 0 Å². The second kappa shape index (κ2) is 11.7. The average Bonchev–Trinajstić information content (AvgIpc) is 2.38. The lowest BCUT2D eigenvalue weighted by atomic mass is 10.2. The van der Waals surface area contributed by atoms with Gasteiger partial charge in [0.05, 0.1) is 0 Å². The van der Waals surface area contributed by atoms with Gasteiger partial charge in [-0.1, -0.05) is 23.7 Å². The van der Waals surface area contributed by atoms with E-state index in [4.69, 9.17) is 11.6 Å². The lowest BCUT2D eigenvalue weighted by Gasteiger charge is -2.11. The number of nitrogens with zero attached hydrogens (tertiary/aromatic N) is 1. The predicted molar refractivity (Wildman–Crippen MR) is 98.1 cm³/mol. The highest BCUT2D eigenvalue weighted by atomic mass is 127. The normalized spacial score (nSPS) is 10.8. The van der Waals surface area contributed by atoms with Gasteiger partial charge >= 0.3 is 0 Å². The first-order valence-corrected chi connectivity index (χ1v) is 7.71. The number of nitrogens with one attached hydrogen (secondary N) is 2. The summed E-state index contributed by atoms with van der Waals surface area (Å²) < 4.78 is 0. The van der Waals surface area contributed by atoms with Crippen LogP contribution < -0.4 is 10.6 Å². The van der Waals surface area contributed by atoms with E-state index >= 15 is 0 Å². The molecule has 0 aromatic heterocycles. The van der Waals surface area contributed by atoms with Crippen molar-refractivity contribution in [1.29, 1.82) is 0 Å². The van der Waals surface area contributed by atoms with Gasteiger partial charge in [0, 0.05) is 25.2 Å². The Bertz CT molecular complexity index is 388. The molecule has 0 bridgehead atoms. The number of thioether (sulfide) groups is 1. The van der Waals surface area contributed by atoms with Gasteiger partial charge in [-0.25, -0.2) is 0 Å². The van der Waals surface area contributed by atoms with Gasteiger partial charge in [0.2, 0.25) is 0 Å². The van der Waals surface area contributed by atoms with E-state index in [0.717, 1.165) is 41.8 Å². The van der Waals surface area contributed by atoms with E-state index < -0.39 is 0 Å². The topological polar surface area (TPSA) is 36.4 Å². The maximum absolute atomic E-state index is 5.94. The fraction of sp³-hybridized carbons (Fsp3) is 0.462. The Morgan fingerprint density at radius 1 is 1.37 bits per heavy atom. The molecular weight excluding hydrogens is 393 g/mol. The molecule has 3 nitrogen and oxygen atoms in total. The number of guanidine groups is 1. The molecule has 0 aliphatic heterocycles. The third kappa shape index (κ3) is 8.60. The number of halogens is 2. The zero-order valence-electron chi connectivity index (χ0n) is 11.3. The van der Waals surface area contributed by atoms with Crippen LogP contribution in [0.25, 0.3) is 0 Å². The number of hydrogen-bond acceptors (Lipinski definition) is 2. The predicted octanol–water partition coefficient (Wildman–Crippen LogP) is 3.38. The van der Waals surface area contributed by atoms with E-state index in [1.54, 1.807) is 7.05 Å². The summed E-state index contributed by atoms with van der Waals surface area (Å²) in [5.41, 5.74) is 1.15. The maximum Gasteiger partial charge on any atom is 0.191 e. The van der Waals surface area contributed by atoms with Crippen LogP contribution in [-0.2, 0) is 6.54 Å². The fourth-order valence-corrected chi connectivity index (χ4v) is 2.12. The summed E-state index contributed by atoms with van der Waals surface area (Å²) in [4.78, 5) is 4.18. The van der Waals surface area contributed by atoms with Crippen molar-refractivity contribution in [3.8, 4) is 0 Å². The third-order valence-electron chi connectivity index (χ3n) is 2.39. The zero-order chi connectivity index (χ0) is 13.2. The first kappa shape index (κ1) is 18.9. The molecule has 0 amide bonds. The van der Waals surface area contributed by atoms with Gasteiger partial charge < -0.3 is 10.6 Å². The summed E-state index contributed by atoms with van der Waals surface area (Å²) in [5, 5.41) is 7.31. The smallest absolute Gasteiger partial charge is 0.191 e. The second-order valence-corrected chi connectivity index (χ2v) is 5.25. The van der Waals surface area contributed by atoms with E-state index in [1.165, 1.54) is 0 Å². The molecule has 2 N–H and O–H groups in total.